The van der Waals surface area contributed by atoms with Gasteiger partial charge in [-0.05, 0) is 12.8 Å². The Hall–Kier alpha value is -0.720. The Bertz CT molecular complexity index is 318. The van der Waals surface area contributed by atoms with Gasteiger partial charge in [0.25, 0.3) is 0 Å². The lowest BCUT2D eigenvalue weighted by atomic mass is 10.2. The molecular formula is C9H15N3O2S. The first kappa shape index (κ1) is 10.8. The van der Waals surface area contributed by atoms with Crippen molar-refractivity contribution in [3.63, 3.8) is 0 Å². The van der Waals surface area contributed by atoms with Gasteiger partial charge in [-0.2, -0.15) is 4.37 Å². The molecule has 0 aromatic carbocycles. The van der Waals surface area contributed by atoms with E-state index in [9.17, 15) is 5.11 Å². The van der Waals surface area contributed by atoms with E-state index in [0.29, 0.717) is 6.61 Å². The number of aliphatic hydroxyl groups is 1. The largest absolute Gasteiger partial charge is 0.394 e. The number of aliphatic hydroxyl groups excluding tert-OH is 1. The minimum absolute atomic E-state index is 0.194. The number of aromatic nitrogens is 2. The van der Waals surface area contributed by atoms with E-state index >= 15 is 0 Å². The quantitative estimate of drug-likeness (QED) is 0.821. The van der Waals surface area contributed by atoms with Crippen molar-refractivity contribution >= 4 is 16.7 Å². The summed E-state index contributed by atoms with van der Waals surface area (Å²) in [5.74, 6) is 0.723. The number of hydrogen-bond acceptors (Lipinski definition) is 6. The predicted octanol–water partition coefficient (Wildman–Crippen LogP) is 0.646. The summed E-state index contributed by atoms with van der Waals surface area (Å²) in [6.07, 6.45) is 2.15. The summed E-state index contributed by atoms with van der Waals surface area (Å²) in [6, 6.07) is 0.216. The second-order valence-corrected chi connectivity index (χ2v) is 4.33. The monoisotopic (exact) mass is 229 g/mol. The van der Waals surface area contributed by atoms with Crippen LogP contribution in [-0.4, -0.2) is 40.8 Å². The molecule has 0 bridgehead atoms. The molecule has 0 amide bonds. The third-order valence-corrected chi connectivity index (χ3v) is 3.36. The Balaban J connectivity index is 2.07. The van der Waals surface area contributed by atoms with Crippen molar-refractivity contribution in [2.75, 3.05) is 25.2 Å². The molecule has 84 valence electrons. The number of anilines is 1. The molecule has 0 radical (unpaired) electrons. The van der Waals surface area contributed by atoms with E-state index in [-0.39, 0.29) is 12.6 Å². The van der Waals surface area contributed by atoms with Crippen LogP contribution >= 0.6 is 11.5 Å². The molecule has 15 heavy (non-hydrogen) atoms. The maximum Gasteiger partial charge on any atom is 0.205 e. The summed E-state index contributed by atoms with van der Waals surface area (Å²) in [7, 11) is 1.63. The van der Waals surface area contributed by atoms with Crippen LogP contribution in [0.25, 0.3) is 0 Å². The molecule has 1 aromatic rings. The predicted molar refractivity (Wildman–Crippen MR) is 58.1 cm³/mol. The first-order valence-electron chi connectivity index (χ1n) is 5.04. The van der Waals surface area contributed by atoms with Crippen LogP contribution in [0.1, 0.15) is 18.7 Å². The minimum Gasteiger partial charge on any atom is -0.394 e. The van der Waals surface area contributed by atoms with Crippen LogP contribution in [0, 0.1) is 0 Å². The molecule has 2 heterocycles. The Labute approximate surface area is 92.9 Å². The van der Waals surface area contributed by atoms with Crippen LogP contribution in [0.2, 0.25) is 0 Å². The Kier molecular flexibility index (Phi) is 3.50. The fourth-order valence-corrected chi connectivity index (χ4v) is 2.60. The molecule has 1 aliphatic rings. The molecule has 1 N–H and O–H groups in total. The van der Waals surface area contributed by atoms with Crippen molar-refractivity contribution in [3.05, 3.63) is 5.82 Å². The van der Waals surface area contributed by atoms with E-state index in [2.05, 4.69) is 14.3 Å². The molecular weight excluding hydrogens is 214 g/mol. The van der Waals surface area contributed by atoms with E-state index in [4.69, 9.17) is 4.74 Å². The van der Waals surface area contributed by atoms with E-state index in [1.54, 1.807) is 7.11 Å². The average molecular weight is 229 g/mol. The number of nitrogens with zero attached hydrogens (tertiary/aromatic N) is 3. The second kappa shape index (κ2) is 4.87. The fraction of sp³-hybridized carbons (Fsp3) is 0.778. The van der Waals surface area contributed by atoms with Crippen LogP contribution in [0.15, 0.2) is 0 Å². The van der Waals surface area contributed by atoms with E-state index in [0.717, 1.165) is 30.3 Å². The molecule has 2 rings (SSSR count). The van der Waals surface area contributed by atoms with Gasteiger partial charge in [0, 0.05) is 25.2 Å². The van der Waals surface area contributed by atoms with Crippen LogP contribution in [0.5, 0.6) is 0 Å². The minimum atomic E-state index is 0.194. The van der Waals surface area contributed by atoms with Gasteiger partial charge in [-0.25, -0.2) is 4.98 Å². The topological polar surface area (TPSA) is 58.5 Å². The van der Waals surface area contributed by atoms with Crippen LogP contribution in [-0.2, 0) is 11.3 Å². The Morgan fingerprint density at radius 2 is 2.53 bits per heavy atom. The molecule has 1 fully saturated rings. The average Bonchev–Trinajstić information content (AvgIpc) is 2.84. The fourth-order valence-electron chi connectivity index (χ4n) is 1.83. The van der Waals surface area contributed by atoms with Gasteiger partial charge in [0.1, 0.15) is 6.61 Å². The highest BCUT2D eigenvalue weighted by atomic mass is 32.1. The zero-order valence-corrected chi connectivity index (χ0v) is 9.53. The van der Waals surface area contributed by atoms with Gasteiger partial charge in [0.05, 0.1) is 12.6 Å². The second-order valence-electron chi connectivity index (χ2n) is 3.60. The molecule has 5 nitrogen and oxygen atoms in total. The highest BCUT2D eigenvalue weighted by molar-refractivity contribution is 7.09. The Morgan fingerprint density at radius 1 is 1.67 bits per heavy atom. The van der Waals surface area contributed by atoms with Gasteiger partial charge in [-0.3, -0.25) is 0 Å². The lowest BCUT2D eigenvalue weighted by molar-refractivity contribution is 0.179. The first-order chi connectivity index (χ1) is 7.35. The lowest BCUT2D eigenvalue weighted by Crippen LogP contribution is -2.31. The molecule has 1 atom stereocenters. The van der Waals surface area contributed by atoms with Gasteiger partial charge in [-0.15, -0.1) is 0 Å². The highest BCUT2D eigenvalue weighted by Gasteiger charge is 2.26. The van der Waals surface area contributed by atoms with Gasteiger partial charge in [0.15, 0.2) is 5.82 Å². The van der Waals surface area contributed by atoms with E-state index < -0.39 is 0 Å². The number of hydrogen-bond donors (Lipinski definition) is 1. The standard InChI is InChI=1S/C9H15N3O2S/c1-14-6-8-10-9(15-11-8)12-4-2-3-7(12)5-13/h7,13H,2-6H2,1H3. The third-order valence-electron chi connectivity index (χ3n) is 2.56. The molecule has 6 heteroatoms. The van der Waals surface area contributed by atoms with Crippen molar-refractivity contribution in [2.24, 2.45) is 0 Å². The van der Waals surface area contributed by atoms with Crippen LogP contribution in [0.3, 0.4) is 0 Å². The van der Waals surface area contributed by atoms with Crippen molar-refractivity contribution in [1.29, 1.82) is 0 Å². The highest BCUT2D eigenvalue weighted by Crippen LogP contribution is 2.26. The smallest absolute Gasteiger partial charge is 0.205 e. The molecule has 1 saturated heterocycles. The zero-order chi connectivity index (χ0) is 10.7. The van der Waals surface area contributed by atoms with Gasteiger partial charge in [0.2, 0.25) is 5.13 Å². The SMILES string of the molecule is COCc1nsc(N2CCCC2CO)n1. The lowest BCUT2D eigenvalue weighted by Gasteiger charge is -2.21. The number of ether oxygens (including phenoxy) is 1. The van der Waals surface area contributed by atoms with Crippen molar-refractivity contribution in [1.82, 2.24) is 9.36 Å². The molecule has 0 aliphatic carbocycles. The van der Waals surface area contributed by atoms with Gasteiger partial charge < -0.3 is 14.7 Å². The van der Waals surface area contributed by atoms with E-state index in [1.807, 2.05) is 0 Å². The first-order valence-corrected chi connectivity index (χ1v) is 5.81. The van der Waals surface area contributed by atoms with Crippen molar-refractivity contribution in [3.8, 4) is 0 Å². The molecule has 0 spiro atoms. The normalized spacial score (nSPS) is 21.2. The van der Waals surface area contributed by atoms with Gasteiger partial charge in [-0.1, -0.05) is 0 Å². The number of methoxy groups -OCH3 is 1. The summed E-state index contributed by atoms with van der Waals surface area (Å²) in [4.78, 5) is 6.51. The number of rotatable bonds is 4. The molecule has 0 saturated carbocycles. The van der Waals surface area contributed by atoms with Crippen molar-refractivity contribution in [2.45, 2.75) is 25.5 Å². The van der Waals surface area contributed by atoms with E-state index in [1.165, 1.54) is 11.5 Å². The zero-order valence-electron chi connectivity index (χ0n) is 8.72. The summed E-state index contributed by atoms with van der Waals surface area (Å²) in [5.41, 5.74) is 0. The summed E-state index contributed by atoms with van der Waals surface area (Å²) in [5, 5.41) is 10.1. The maximum absolute atomic E-state index is 9.20. The van der Waals surface area contributed by atoms with Crippen molar-refractivity contribution < 1.29 is 9.84 Å². The summed E-state index contributed by atoms with van der Waals surface area (Å²) >= 11 is 1.38. The van der Waals surface area contributed by atoms with Crippen LogP contribution in [0.4, 0.5) is 5.13 Å². The van der Waals surface area contributed by atoms with Crippen LogP contribution < -0.4 is 4.90 Å². The summed E-state index contributed by atoms with van der Waals surface area (Å²) < 4.78 is 9.17. The molecule has 1 aliphatic heterocycles. The molecule has 1 aromatic heterocycles. The molecule has 1 unspecified atom stereocenters. The summed E-state index contributed by atoms with van der Waals surface area (Å²) in [6.45, 7) is 1.61. The van der Waals surface area contributed by atoms with Gasteiger partial charge >= 0.3 is 0 Å². The maximum atomic E-state index is 9.20. The Morgan fingerprint density at radius 3 is 3.27 bits per heavy atom. The third kappa shape index (κ3) is 2.27.